The van der Waals surface area contributed by atoms with Crippen LogP contribution in [0.4, 0.5) is 8.78 Å². The quantitative estimate of drug-likeness (QED) is 0.611. The molecule has 0 aromatic heterocycles. The minimum atomic E-state index is -0.515. The van der Waals surface area contributed by atoms with Crippen LogP contribution in [0.2, 0.25) is 0 Å². The molecule has 1 nitrogen and oxygen atoms in total. The normalized spacial score (nSPS) is 12.2. The number of halogens is 2. The third-order valence-electron chi connectivity index (χ3n) is 2.62. The lowest BCUT2D eigenvalue weighted by atomic mass is 10.1. The molecule has 0 saturated carbocycles. The topological polar surface area (TPSA) is 17.1 Å². The molecule has 98 valence electrons. The van der Waals surface area contributed by atoms with Crippen molar-refractivity contribution in [3.05, 3.63) is 65.7 Å². The average Bonchev–Trinajstić information content (AvgIpc) is 2.43. The first-order chi connectivity index (χ1) is 9.08. The first kappa shape index (κ1) is 13.7. The van der Waals surface area contributed by atoms with Crippen molar-refractivity contribution in [2.24, 2.45) is 0 Å². The maximum Gasteiger partial charge on any atom is 0.175 e. The lowest BCUT2D eigenvalue weighted by Crippen LogP contribution is -2.13. The average molecular weight is 278 g/mol. The van der Waals surface area contributed by atoms with Crippen LogP contribution < -0.4 is 0 Å². The van der Waals surface area contributed by atoms with Crippen LogP contribution in [0, 0.1) is 11.6 Å². The van der Waals surface area contributed by atoms with Gasteiger partial charge in [-0.25, -0.2) is 8.78 Å². The molecule has 0 spiro atoms. The van der Waals surface area contributed by atoms with Gasteiger partial charge in [0, 0.05) is 10.5 Å². The molecule has 0 amide bonds. The third kappa shape index (κ3) is 3.41. The van der Waals surface area contributed by atoms with E-state index in [1.165, 1.54) is 0 Å². The van der Waals surface area contributed by atoms with Crippen LogP contribution in [0.15, 0.2) is 53.4 Å². The van der Waals surface area contributed by atoms with Crippen molar-refractivity contribution < 1.29 is 13.6 Å². The van der Waals surface area contributed by atoms with E-state index in [0.29, 0.717) is 5.56 Å². The zero-order valence-electron chi connectivity index (χ0n) is 10.3. The number of rotatable bonds is 4. The Morgan fingerprint density at radius 2 is 1.79 bits per heavy atom. The van der Waals surface area contributed by atoms with E-state index in [-0.39, 0.29) is 10.7 Å². The second-order valence-corrected chi connectivity index (χ2v) is 5.45. The molecule has 19 heavy (non-hydrogen) atoms. The van der Waals surface area contributed by atoms with Gasteiger partial charge in [0.2, 0.25) is 0 Å². The summed E-state index contributed by atoms with van der Waals surface area (Å²) in [5, 5.41) is -0.473. The molecule has 2 aromatic carbocycles. The Morgan fingerprint density at radius 3 is 2.47 bits per heavy atom. The number of hydrogen-bond donors (Lipinski definition) is 0. The highest BCUT2D eigenvalue weighted by Crippen LogP contribution is 2.28. The van der Waals surface area contributed by atoms with Crippen molar-refractivity contribution in [2.75, 3.05) is 0 Å². The zero-order chi connectivity index (χ0) is 13.8. The molecule has 0 heterocycles. The molecule has 0 aliphatic heterocycles. The van der Waals surface area contributed by atoms with Crippen molar-refractivity contribution in [1.82, 2.24) is 0 Å². The van der Waals surface area contributed by atoms with Crippen molar-refractivity contribution in [2.45, 2.75) is 17.1 Å². The fourth-order valence-electron chi connectivity index (χ4n) is 1.65. The Balaban J connectivity index is 2.15. The summed E-state index contributed by atoms with van der Waals surface area (Å²) in [6, 6.07) is 12.0. The Bertz CT molecular complexity index is 584. The van der Waals surface area contributed by atoms with E-state index in [9.17, 15) is 13.6 Å². The molecule has 0 aliphatic rings. The van der Waals surface area contributed by atoms with Crippen LogP contribution in [0.1, 0.15) is 17.3 Å². The van der Waals surface area contributed by atoms with E-state index in [1.807, 2.05) is 6.07 Å². The largest absolute Gasteiger partial charge is 0.293 e. The Kier molecular flexibility index (Phi) is 4.32. The van der Waals surface area contributed by atoms with E-state index in [4.69, 9.17) is 0 Å². The van der Waals surface area contributed by atoms with E-state index in [1.54, 1.807) is 31.2 Å². The van der Waals surface area contributed by atoms with Crippen LogP contribution in [-0.4, -0.2) is 11.0 Å². The first-order valence-corrected chi connectivity index (χ1v) is 6.67. The highest BCUT2D eigenvalue weighted by atomic mass is 32.2. The molecule has 0 aliphatic carbocycles. The summed E-state index contributed by atoms with van der Waals surface area (Å²) in [6.45, 7) is 1.68. The van der Waals surface area contributed by atoms with Gasteiger partial charge in [-0.05, 0) is 25.1 Å². The Morgan fingerprint density at radius 1 is 1.11 bits per heavy atom. The molecule has 0 saturated heterocycles. The van der Waals surface area contributed by atoms with Gasteiger partial charge in [0.05, 0.1) is 5.25 Å². The van der Waals surface area contributed by atoms with E-state index in [2.05, 4.69) is 0 Å². The van der Waals surface area contributed by atoms with Crippen LogP contribution in [0.25, 0.3) is 0 Å². The molecular weight excluding hydrogens is 266 g/mol. The van der Waals surface area contributed by atoms with Crippen LogP contribution in [-0.2, 0) is 0 Å². The minimum Gasteiger partial charge on any atom is -0.293 e. The Labute approximate surface area is 114 Å². The summed E-state index contributed by atoms with van der Waals surface area (Å²) in [6.07, 6.45) is 0. The highest BCUT2D eigenvalue weighted by Gasteiger charge is 2.18. The van der Waals surface area contributed by atoms with E-state index in [0.717, 1.165) is 30.0 Å². The highest BCUT2D eigenvalue weighted by molar-refractivity contribution is 8.00. The second kappa shape index (κ2) is 5.97. The van der Waals surface area contributed by atoms with Crippen LogP contribution >= 0.6 is 11.8 Å². The molecule has 1 unspecified atom stereocenters. The third-order valence-corrected chi connectivity index (χ3v) is 3.76. The standard InChI is InChI=1S/C15H12F2OS/c1-10(15(18)11-5-3-2-4-6-11)19-14-9-12(16)7-8-13(14)17/h2-10H,1H3. The van der Waals surface area contributed by atoms with Gasteiger partial charge < -0.3 is 0 Å². The summed E-state index contributed by atoms with van der Waals surface area (Å²) < 4.78 is 26.6. The number of hydrogen-bond acceptors (Lipinski definition) is 2. The molecule has 4 heteroatoms. The summed E-state index contributed by atoms with van der Waals surface area (Å²) in [4.78, 5) is 12.3. The summed E-state index contributed by atoms with van der Waals surface area (Å²) in [5.74, 6) is -1.13. The number of benzene rings is 2. The van der Waals surface area contributed by atoms with E-state index < -0.39 is 16.9 Å². The van der Waals surface area contributed by atoms with Gasteiger partial charge in [-0.1, -0.05) is 30.3 Å². The minimum absolute atomic E-state index is 0.103. The second-order valence-electron chi connectivity index (χ2n) is 4.07. The predicted octanol–water partition coefficient (Wildman–Crippen LogP) is 4.33. The van der Waals surface area contributed by atoms with Gasteiger partial charge in [-0.15, -0.1) is 11.8 Å². The fraction of sp³-hybridized carbons (Fsp3) is 0.133. The van der Waals surface area contributed by atoms with Crippen LogP contribution in [0.5, 0.6) is 0 Å². The first-order valence-electron chi connectivity index (χ1n) is 5.79. The number of Topliss-reactive ketones (excluding diaryl/α,β-unsaturated/α-hetero) is 1. The van der Waals surface area contributed by atoms with Gasteiger partial charge in [-0.3, -0.25) is 4.79 Å². The lowest BCUT2D eigenvalue weighted by Gasteiger charge is -2.11. The van der Waals surface area contributed by atoms with Crippen molar-refractivity contribution in [1.29, 1.82) is 0 Å². The number of carbonyl (C=O) groups is 1. The lowest BCUT2D eigenvalue weighted by molar-refractivity contribution is 0.0994. The molecule has 0 N–H and O–H groups in total. The maximum atomic E-state index is 13.5. The summed E-state index contributed by atoms with van der Waals surface area (Å²) in [5.41, 5.74) is 0.569. The molecule has 2 rings (SSSR count). The van der Waals surface area contributed by atoms with E-state index >= 15 is 0 Å². The summed E-state index contributed by atoms with van der Waals surface area (Å²) in [7, 11) is 0. The number of carbonyl (C=O) groups excluding carboxylic acids is 1. The molecule has 1 atom stereocenters. The smallest absolute Gasteiger partial charge is 0.175 e. The number of ketones is 1. The monoisotopic (exact) mass is 278 g/mol. The Hall–Kier alpha value is -1.68. The van der Waals surface area contributed by atoms with Gasteiger partial charge >= 0.3 is 0 Å². The van der Waals surface area contributed by atoms with Gasteiger partial charge in [0.25, 0.3) is 0 Å². The molecule has 2 aromatic rings. The number of thioether (sulfide) groups is 1. The van der Waals surface area contributed by atoms with Gasteiger partial charge in [0.15, 0.2) is 5.78 Å². The van der Waals surface area contributed by atoms with Gasteiger partial charge in [-0.2, -0.15) is 0 Å². The predicted molar refractivity (Wildman–Crippen MR) is 72.4 cm³/mol. The zero-order valence-corrected chi connectivity index (χ0v) is 11.1. The van der Waals surface area contributed by atoms with Crippen molar-refractivity contribution in [3.63, 3.8) is 0 Å². The van der Waals surface area contributed by atoms with Crippen molar-refractivity contribution >= 4 is 17.5 Å². The summed E-state index contributed by atoms with van der Waals surface area (Å²) >= 11 is 1.02. The molecule has 0 fully saturated rings. The molecular formula is C15H12F2OS. The van der Waals surface area contributed by atoms with Crippen LogP contribution in [0.3, 0.4) is 0 Å². The maximum absolute atomic E-state index is 13.5. The molecule has 0 radical (unpaired) electrons. The van der Waals surface area contributed by atoms with Gasteiger partial charge in [0.1, 0.15) is 11.6 Å². The molecule has 0 bridgehead atoms. The van der Waals surface area contributed by atoms with Crippen molar-refractivity contribution in [3.8, 4) is 0 Å². The SMILES string of the molecule is CC(Sc1cc(F)ccc1F)C(=O)c1ccccc1. The fourth-order valence-corrected chi connectivity index (χ4v) is 2.63.